The van der Waals surface area contributed by atoms with Crippen molar-refractivity contribution in [1.29, 1.82) is 0 Å². The van der Waals surface area contributed by atoms with Gasteiger partial charge in [-0.2, -0.15) is 0 Å². The molecule has 11 heavy (non-hydrogen) atoms. The van der Waals surface area contributed by atoms with Crippen LogP contribution in [0.2, 0.25) is 0 Å². The van der Waals surface area contributed by atoms with Crippen LogP contribution in [-0.4, -0.2) is 26.8 Å². The number of hydrogen-bond donors (Lipinski definition) is 0. The molecule has 0 saturated heterocycles. The van der Waals surface area contributed by atoms with E-state index >= 15 is 0 Å². The molecule has 0 radical (unpaired) electrons. The van der Waals surface area contributed by atoms with Gasteiger partial charge >= 0.3 is 0 Å². The second-order valence-corrected chi connectivity index (χ2v) is 2.25. The maximum Gasteiger partial charge on any atom is 0.160 e. The predicted octanol–water partition coefficient (Wildman–Crippen LogP) is 1.14. The Balaban J connectivity index is 3.80. The van der Waals surface area contributed by atoms with Crippen molar-refractivity contribution in [2.45, 2.75) is 19.6 Å². The number of allylic oxidation sites excluding steroid dienone is 1. The highest BCUT2D eigenvalue weighted by atomic mass is 16.7. The van der Waals surface area contributed by atoms with E-state index in [1.165, 1.54) is 6.08 Å². The van der Waals surface area contributed by atoms with Crippen molar-refractivity contribution in [3.05, 3.63) is 11.6 Å². The third-order valence-corrected chi connectivity index (χ3v) is 1.37. The summed E-state index contributed by atoms with van der Waals surface area (Å²) in [5.41, 5.74) is 0.953. The molecular weight excluding hydrogens is 144 g/mol. The first-order chi connectivity index (χ1) is 5.24. The van der Waals surface area contributed by atoms with E-state index in [9.17, 15) is 4.79 Å². The molecule has 3 nitrogen and oxygen atoms in total. The van der Waals surface area contributed by atoms with Crippen LogP contribution in [0.5, 0.6) is 0 Å². The second-order valence-electron chi connectivity index (χ2n) is 2.25. The third-order valence-electron chi connectivity index (χ3n) is 1.37. The number of carbonyl (C=O) groups excluding carboxylic acids is 1. The molecule has 0 aromatic heterocycles. The predicted molar refractivity (Wildman–Crippen MR) is 42.2 cm³/mol. The molecule has 0 N–H and O–H groups in total. The first-order valence-corrected chi connectivity index (χ1v) is 3.41. The van der Waals surface area contributed by atoms with Crippen molar-refractivity contribution in [3.8, 4) is 0 Å². The summed E-state index contributed by atoms with van der Waals surface area (Å²) in [5.74, 6) is 0. The van der Waals surface area contributed by atoms with Gasteiger partial charge in [0.2, 0.25) is 0 Å². The van der Waals surface area contributed by atoms with Crippen LogP contribution in [0.4, 0.5) is 0 Å². The Bertz CT molecular complexity index is 136. The summed E-state index contributed by atoms with van der Waals surface area (Å²) in [6, 6.07) is 0. The van der Waals surface area contributed by atoms with Gasteiger partial charge in [0.1, 0.15) is 6.29 Å². The van der Waals surface area contributed by atoms with E-state index in [1.807, 2.05) is 6.92 Å². The lowest BCUT2D eigenvalue weighted by molar-refractivity contribution is -0.104. The van der Waals surface area contributed by atoms with Crippen LogP contribution in [0.25, 0.3) is 0 Å². The van der Waals surface area contributed by atoms with Gasteiger partial charge in [0.05, 0.1) is 0 Å². The highest BCUT2D eigenvalue weighted by molar-refractivity contribution is 5.65. The van der Waals surface area contributed by atoms with Gasteiger partial charge in [-0.1, -0.05) is 5.57 Å². The quantitative estimate of drug-likeness (QED) is 0.342. The van der Waals surface area contributed by atoms with Gasteiger partial charge in [-0.25, -0.2) is 0 Å². The summed E-state index contributed by atoms with van der Waals surface area (Å²) in [4.78, 5) is 10.0. The standard InChI is InChI=1S/C8H14O3/c1-7(4-5-9)6-8(10-2)11-3/h4-5,8H,6H2,1-3H3. The first-order valence-electron chi connectivity index (χ1n) is 3.41. The van der Waals surface area contributed by atoms with Crippen LogP contribution >= 0.6 is 0 Å². The lowest BCUT2D eigenvalue weighted by Gasteiger charge is -2.12. The number of aldehydes is 1. The minimum Gasteiger partial charge on any atom is -0.356 e. The molecule has 0 atom stereocenters. The van der Waals surface area contributed by atoms with E-state index in [2.05, 4.69) is 0 Å². The molecule has 0 aliphatic heterocycles. The molecule has 64 valence electrons. The fraction of sp³-hybridized carbons (Fsp3) is 0.625. The van der Waals surface area contributed by atoms with Crippen molar-refractivity contribution in [1.82, 2.24) is 0 Å². The molecule has 0 rings (SSSR count). The van der Waals surface area contributed by atoms with Gasteiger partial charge in [0.15, 0.2) is 6.29 Å². The van der Waals surface area contributed by atoms with Gasteiger partial charge in [-0.05, 0) is 13.0 Å². The lowest BCUT2D eigenvalue weighted by Crippen LogP contribution is -2.12. The smallest absolute Gasteiger partial charge is 0.160 e. The van der Waals surface area contributed by atoms with Gasteiger partial charge < -0.3 is 9.47 Å². The van der Waals surface area contributed by atoms with Gasteiger partial charge in [-0.3, -0.25) is 4.79 Å². The number of hydrogen-bond acceptors (Lipinski definition) is 3. The van der Waals surface area contributed by atoms with Crippen molar-refractivity contribution < 1.29 is 14.3 Å². The number of carbonyl (C=O) groups is 1. The van der Waals surface area contributed by atoms with E-state index in [4.69, 9.17) is 9.47 Å². The molecule has 0 aromatic carbocycles. The maximum absolute atomic E-state index is 10.0. The SMILES string of the molecule is COC(CC(C)=CC=O)OC. The Labute approximate surface area is 67.0 Å². The Morgan fingerprint density at radius 2 is 2.00 bits per heavy atom. The average molecular weight is 158 g/mol. The summed E-state index contributed by atoms with van der Waals surface area (Å²) in [6.07, 6.45) is 2.65. The second kappa shape index (κ2) is 6.07. The van der Waals surface area contributed by atoms with Crippen molar-refractivity contribution in [2.75, 3.05) is 14.2 Å². The van der Waals surface area contributed by atoms with Crippen molar-refractivity contribution in [2.24, 2.45) is 0 Å². The van der Waals surface area contributed by atoms with Crippen molar-refractivity contribution in [3.63, 3.8) is 0 Å². The average Bonchev–Trinajstić information content (AvgIpc) is 2.01. The maximum atomic E-state index is 10.0. The van der Waals surface area contributed by atoms with Crippen LogP contribution in [0.3, 0.4) is 0 Å². The molecule has 0 heterocycles. The molecule has 0 aromatic rings. The molecule has 0 fully saturated rings. The number of rotatable bonds is 5. The highest BCUT2D eigenvalue weighted by Gasteiger charge is 2.04. The number of methoxy groups -OCH3 is 2. The summed E-state index contributed by atoms with van der Waals surface area (Å²) < 4.78 is 9.87. The van der Waals surface area contributed by atoms with Crippen LogP contribution in [0.1, 0.15) is 13.3 Å². The Morgan fingerprint density at radius 1 is 1.45 bits per heavy atom. The van der Waals surface area contributed by atoms with Crippen LogP contribution in [-0.2, 0) is 14.3 Å². The van der Waals surface area contributed by atoms with Gasteiger partial charge in [-0.15, -0.1) is 0 Å². The molecule has 0 aliphatic rings. The van der Waals surface area contributed by atoms with Crippen LogP contribution in [0, 0.1) is 0 Å². The van der Waals surface area contributed by atoms with Gasteiger partial charge in [0.25, 0.3) is 0 Å². The largest absolute Gasteiger partial charge is 0.356 e. The molecule has 0 bridgehead atoms. The molecule has 0 amide bonds. The topological polar surface area (TPSA) is 35.5 Å². The van der Waals surface area contributed by atoms with Crippen LogP contribution in [0.15, 0.2) is 11.6 Å². The third kappa shape index (κ3) is 4.70. The molecule has 0 unspecified atom stereocenters. The summed E-state index contributed by atoms with van der Waals surface area (Å²) in [7, 11) is 3.14. The zero-order valence-electron chi connectivity index (χ0n) is 7.16. The highest BCUT2D eigenvalue weighted by Crippen LogP contribution is 2.06. The van der Waals surface area contributed by atoms with Crippen molar-refractivity contribution >= 4 is 6.29 Å². The summed E-state index contributed by atoms with van der Waals surface area (Å²) in [5, 5.41) is 0. The molecule has 0 spiro atoms. The minimum atomic E-state index is -0.244. The summed E-state index contributed by atoms with van der Waals surface area (Å²) >= 11 is 0. The normalized spacial score (nSPS) is 12.2. The van der Waals surface area contributed by atoms with E-state index in [-0.39, 0.29) is 6.29 Å². The van der Waals surface area contributed by atoms with E-state index in [0.29, 0.717) is 6.42 Å². The Hall–Kier alpha value is -0.670. The fourth-order valence-corrected chi connectivity index (χ4v) is 0.710. The van der Waals surface area contributed by atoms with E-state index < -0.39 is 0 Å². The molecule has 3 heteroatoms. The monoisotopic (exact) mass is 158 g/mol. The van der Waals surface area contributed by atoms with Crippen LogP contribution < -0.4 is 0 Å². The van der Waals surface area contributed by atoms with E-state index in [0.717, 1.165) is 11.9 Å². The lowest BCUT2D eigenvalue weighted by atomic mass is 10.2. The summed E-state index contributed by atoms with van der Waals surface area (Å²) in [6.45, 7) is 1.86. The molecule has 0 aliphatic carbocycles. The van der Waals surface area contributed by atoms with E-state index in [1.54, 1.807) is 14.2 Å². The number of ether oxygens (including phenoxy) is 2. The zero-order chi connectivity index (χ0) is 8.69. The molecular formula is C8H14O3. The Morgan fingerprint density at radius 3 is 2.36 bits per heavy atom. The fourth-order valence-electron chi connectivity index (χ4n) is 0.710. The Kier molecular flexibility index (Phi) is 5.70. The molecule has 0 saturated carbocycles. The minimum absolute atomic E-state index is 0.244. The first kappa shape index (κ1) is 10.3. The van der Waals surface area contributed by atoms with Gasteiger partial charge in [0, 0.05) is 20.6 Å². The zero-order valence-corrected chi connectivity index (χ0v) is 7.16.